The topological polar surface area (TPSA) is 32.3 Å². The molecule has 3 nitrogen and oxygen atoms in total. The van der Waals surface area contributed by atoms with Gasteiger partial charge in [0, 0.05) is 12.6 Å². The fourth-order valence-corrected chi connectivity index (χ4v) is 3.72. The molecule has 1 aromatic rings. The molecule has 1 saturated heterocycles. The largest absolute Gasteiger partial charge is 0.471 e. The van der Waals surface area contributed by atoms with Gasteiger partial charge in [0.15, 0.2) is 0 Å². The number of rotatable bonds is 3. The van der Waals surface area contributed by atoms with Crippen molar-refractivity contribution < 1.29 is 18.0 Å². The molecule has 0 bridgehead atoms. The molecule has 2 aliphatic rings. The number of hydrogen-bond donors (Lipinski definition) is 1. The highest BCUT2D eigenvalue weighted by Crippen LogP contribution is 2.36. The van der Waals surface area contributed by atoms with E-state index in [9.17, 15) is 18.0 Å². The van der Waals surface area contributed by atoms with Crippen molar-refractivity contribution in [2.24, 2.45) is 0 Å². The van der Waals surface area contributed by atoms with E-state index >= 15 is 0 Å². The lowest BCUT2D eigenvalue weighted by Crippen LogP contribution is -2.49. The van der Waals surface area contributed by atoms with Crippen LogP contribution in [0.2, 0.25) is 0 Å². The van der Waals surface area contributed by atoms with Crippen LogP contribution < -0.4 is 5.32 Å². The van der Waals surface area contributed by atoms with E-state index in [0.717, 1.165) is 48.3 Å². The number of aryl methyl sites for hydroxylation is 1. The summed E-state index contributed by atoms with van der Waals surface area (Å²) in [6.45, 7) is 0.928. The normalized spacial score (nSPS) is 24.3. The Kier molecular flexibility index (Phi) is 4.62. The highest BCUT2D eigenvalue weighted by Gasteiger charge is 2.46. The van der Waals surface area contributed by atoms with Crippen molar-refractivity contribution >= 4 is 5.91 Å². The molecule has 1 fully saturated rings. The third-order valence-corrected chi connectivity index (χ3v) is 4.80. The van der Waals surface area contributed by atoms with Crippen molar-refractivity contribution in [2.45, 2.75) is 50.4 Å². The van der Waals surface area contributed by atoms with Crippen LogP contribution in [0.1, 0.15) is 42.9 Å². The SMILES string of the molecule is O=C(N(C[C@@H]1CCCN1)[C@H]1CCCc2ccccc21)C(F)(F)F. The quantitative estimate of drug-likeness (QED) is 0.925. The third kappa shape index (κ3) is 3.52. The molecule has 0 saturated carbocycles. The minimum Gasteiger partial charge on any atom is -0.326 e. The molecule has 126 valence electrons. The summed E-state index contributed by atoms with van der Waals surface area (Å²) in [4.78, 5) is 13.1. The molecule has 0 unspecified atom stereocenters. The van der Waals surface area contributed by atoms with Gasteiger partial charge >= 0.3 is 12.1 Å². The Labute approximate surface area is 133 Å². The smallest absolute Gasteiger partial charge is 0.326 e. The van der Waals surface area contributed by atoms with Gasteiger partial charge in [-0.2, -0.15) is 13.2 Å². The molecule has 6 heteroatoms. The Morgan fingerprint density at radius 1 is 1.22 bits per heavy atom. The first kappa shape index (κ1) is 16.3. The Hall–Kier alpha value is -1.56. The number of halogens is 3. The standard InChI is InChI=1S/C17H21F3N2O/c18-17(19,20)16(23)22(11-13-7-4-10-21-13)15-9-3-6-12-5-1-2-8-14(12)15/h1-2,5,8,13,15,21H,3-4,6-7,9-11H2/t13-,15-/m0/s1. The van der Waals surface area contributed by atoms with Crippen molar-refractivity contribution in [1.82, 2.24) is 10.2 Å². The first-order valence-electron chi connectivity index (χ1n) is 8.16. The number of nitrogens with zero attached hydrogens (tertiary/aromatic N) is 1. The number of benzene rings is 1. The van der Waals surface area contributed by atoms with E-state index in [4.69, 9.17) is 0 Å². The first-order chi connectivity index (χ1) is 11.0. The van der Waals surface area contributed by atoms with E-state index in [2.05, 4.69) is 5.32 Å². The lowest BCUT2D eigenvalue weighted by molar-refractivity contribution is -0.188. The number of fused-ring (bicyclic) bond motifs is 1. The highest BCUT2D eigenvalue weighted by molar-refractivity contribution is 5.82. The number of alkyl halides is 3. The van der Waals surface area contributed by atoms with Crippen LogP contribution in [0.25, 0.3) is 0 Å². The van der Waals surface area contributed by atoms with Crippen LogP contribution in [0.4, 0.5) is 13.2 Å². The second kappa shape index (κ2) is 6.51. The Bertz CT molecular complexity index is 567. The fourth-order valence-electron chi connectivity index (χ4n) is 3.72. The summed E-state index contributed by atoms with van der Waals surface area (Å²) in [6.07, 6.45) is -0.809. The molecule has 23 heavy (non-hydrogen) atoms. The van der Waals surface area contributed by atoms with Crippen LogP contribution in [0, 0.1) is 0 Å². The molecular formula is C17H21F3N2O. The molecule has 1 aliphatic heterocycles. The van der Waals surface area contributed by atoms with E-state index in [1.54, 1.807) is 0 Å². The number of carbonyl (C=O) groups excluding carboxylic acids is 1. The first-order valence-corrected chi connectivity index (χ1v) is 8.16. The predicted octanol–water partition coefficient (Wildman–Crippen LogP) is 3.21. The van der Waals surface area contributed by atoms with E-state index in [1.807, 2.05) is 24.3 Å². The number of carbonyl (C=O) groups is 1. The minimum atomic E-state index is -4.83. The molecule has 1 N–H and O–H groups in total. The van der Waals surface area contributed by atoms with E-state index in [0.29, 0.717) is 6.42 Å². The Morgan fingerprint density at radius 2 is 2.00 bits per heavy atom. The molecule has 3 rings (SSSR count). The lowest BCUT2D eigenvalue weighted by atomic mass is 9.86. The van der Waals surface area contributed by atoms with Crippen molar-refractivity contribution in [2.75, 3.05) is 13.1 Å². The van der Waals surface area contributed by atoms with Crippen LogP contribution in [-0.2, 0) is 11.2 Å². The van der Waals surface area contributed by atoms with Crippen molar-refractivity contribution in [1.29, 1.82) is 0 Å². The molecule has 1 heterocycles. The number of nitrogens with one attached hydrogen (secondary N) is 1. The van der Waals surface area contributed by atoms with Gasteiger partial charge < -0.3 is 10.2 Å². The lowest BCUT2D eigenvalue weighted by Gasteiger charge is -2.37. The van der Waals surface area contributed by atoms with Gasteiger partial charge in [0.1, 0.15) is 0 Å². The Morgan fingerprint density at radius 3 is 2.70 bits per heavy atom. The molecule has 2 atom stereocenters. The molecule has 1 amide bonds. The predicted molar refractivity (Wildman–Crippen MR) is 80.9 cm³/mol. The van der Waals surface area contributed by atoms with E-state index in [-0.39, 0.29) is 12.6 Å². The maximum Gasteiger partial charge on any atom is 0.471 e. The summed E-state index contributed by atoms with van der Waals surface area (Å²) >= 11 is 0. The van der Waals surface area contributed by atoms with Crippen LogP contribution in [0.3, 0.4) is 0 Å². The number of hydrogen-bond acceptors (Lipinski definition) is 2. The second-order valence-corrected chi connectivity index (χ2v) is 6.36. The van der Waals surface area contributed by atoms with Gasteiger partial charge in [-0.1, -0.05) is 24.3 Å². The second-order valence-electron chi connectivity index (χ2n) is 6.36. The maximum absolute atomic E-state index is 13.1. The maximum atomic E-state index is 13.1. The van der Waals surface area contributed by atoms with Gasteiger partial charge in [-0.3, -0.25) is 4.79 Å². The van der Waals surface area contributed by atoms with Gasteiger partial charge in [0.25, 0.3) is 0 Å². The zero-order valence-corrected chi connectivity index (χ0v) is 12.9. The summed E-state index contributed by atoms with van der Waals surface area (Å²) in [5.74, 6) is -1.71. The summed E-state index contributed by atoms with van der Waals surface area (Å²) in [5, 5.41) is 3.20. The van der Waals surface area contributed by atoms with Gasteiger partial charge in [-0.25, -0.2) is 0 Å². The molecule has 1 aliphatic carbocycles. The summed E-state index contributed by atoms with van der Waals surface area (Å²) in [6, 6.07) is 7.02. The highest BCUT2D eigenvalue weighted by atomic mass is 19.4. The third-order valence-electron chi connectivity index (χ3n) is 4.80. The summed E-state index contributed by atoms with van der Waals surface area (Å²) in [7, 11) is 0. The summed E-state index contributed by atoms with van der Waals surface area (Å²) in [5.41, 5.74) is 1.93. The van der Waals surface area contributed by atoms with Crippen molar-refractivity contribution in [3.8, 4) is 0 Å². The van der Waals surface area contributed by atoms with Crippen LogP contribution in [0.5, 0.6) is 0 Å². The zero-order valence-electron chi connectivity index (χ0n) is 12.9. The molecule has 0 aromatic heterocycles. The van der Waals surface area contributed by atoms with Crippen molar-refractivity contribution in [3.05, 3.63) is 35.4 Å². The van der Waals surface area contributed by atoms with E-state index in [1.165, 1.54) is 0 Å². The van der Waals surface area contributed by atoms with Crippen LogP contribution in [-0.4, -0.2) is 36.1 Å². The van der Waals surface area contributed by atoms with E-state index < -0.39 is 18.1 Å². The van der Waals surface area contributed by atoms with Gasteiger partial charge in [-0.15, -0.1) is 0 Å². The Balaban J connectivity index is 1.90. The fraction of sp³-hybridized carbons (Fsp3) is 0.588. The minimum absolute atomic E-state index is 0.0459. The summed E-state index contributed by atoms with van der Waals surface area (Å²) < 4.78 is 39.3. The van der Waals surface area contributed by atoms with Crippen molar-refractivity contribution in [3.63, 3.8) is 0 Å². The number of amides is 1. The van der Waals surface area contributed by atoms with Gasteiger partial charge in [0.05, 0.1) is 6.04 Å². The van der Waals surface area contributed by atoms with Crippen LogP contribution >= 0.6 is 0 Å². The zero-order chi connectivity index (χ0) is 16.4. The monoisotopic (exact) mass is 326 g/mol. The molecule has 0 spiro atoms. The van der Waals surface area contributed by atoms with Gasteiger partial charge in [-0.05, 0) is 49.8 Å². The molecular weight excluding hydrogens is 305 g/mol. The molecule has 0 radical (unpaired) electrons. The average Bonchev–Trinajstić information content (AvgIpc) is 3.04. The van der Waals surface area contributed by atoms with Crippen LogP contribution in [0.15, 0.2) is 24.3 Å². The average molecular weight is 326 g/mol. The molecule has 1 aromatic carbocycles. The van der Waals surface area contributed by atoms with Gasteiger partial charge in [0.2, 0.25) is 0 Å².